The summed E-state index contributed by atoms with van der Waals surface area (Å²) in [5.74, 6) is -1.72. The van der Waals surface area contributed by atoms with Crippen LogP contribution in [0.3, 0.4) is 0 Å². The van der Waals surface area contributed by atoms with Gasteiger partial charge in [0.05, 0.1) is 17.0 Å². The van der Waals surface area contributed by atoms with Gasteiger partial charge in [0.25, 0.3) is 11.8 Å². The Bertz CT molecular complexity index is 961. The number of phenols is 1. The van der Waals surface area contributed by atoms with Crippen molar-refractivity contribution in [3.05, 3.63) is 58.6 Å². The summed E-state index contributed by atoms with van der Waals surface area (Å²) in [7, 11) is -2.66. The lowest BCUT2D eigenvalue weighted by atomic mass is 10.1. The summed E-state index contributed by atoms with van der Waals surface area (Å²) in [6.07, 6.45) is 0. The molecule has 0 saturated carbocycles. The van der Waals surface area contributed by atoms with E-state index in [0.29, 0.717) is 5.02 Å². The first-order valence-corrected chi connectivity index (χ1v) is 9.54. The third-order valence-electron chi connectivity index (χ3n) is 3.60. The lowest BCUT2D eigenvalue weighted by Crippen LogP contribution is -2.46. The molecule has 2 rings (SSSR count). The van der Waals surface area contributed by atoms with E-state index in [9.17, 15) is 23.1 Å². The van der Waals surface area contributed by atoms with E-state index in [-0.39, 0.29) is 16.2 Å². The number of benzene rings is 2. The maximum atomic E-state index is 12.4. The third kappa shape index (κ3) is 5.19. The van der Waals surface area contributed by atoms with Crippen LogP contribution in [0.5, 0.6) is 5.75 Å². The molecule has 2 amide bonds. The van der Waals surface area contributed by atoms with E-state index in [1.807, 2.05) is 0 Å². The number of aryl methyl sites for hydroxylation is 1. The Kier molecular flexibility index (Phi) is 6.42. The Labute approximate surface area is 161 Å². The molecular weight excluding hydrogens is 394 g/mol. The molecule has 3 N–H and O–H groups in total. The Hall–Kier alpha value is -2.62. The lowest BCUT2D eigenvalue weighted by molar-refractivity contribution is -0.121. The highest BCUT2D eigenvalue weighted by atomic mass is 35.5. The Morgan fingerprint density at radius 2 is 1.74 bits per heavy atom. The molecule has 2 aromatic rings. The second-order valence-electron chi connectivity index (χ2n) is 5.74. The molecule has 0 spiro atoms. The molecule has 0 saturated heterocycles. The number of carbonyl (C=O) groups excluding carboxylic acids is 2. The van der Waals surface area contributed by atoms with Gasteiger partial charge in [-0.2, -0.15) is 4.31 Å². The van der Waals surface area contributed by atoms with Crippen LogP contribution in [0.1, 0.15) is 15.9 Å². The molecule has 0 unspecified atom stereocenters. The van der Waals surface area contributed by atoms with E-state index < -0.39 is 28.4 Å². The molecule has 27 heavy (non-hydrogen) atoms. The van der Waals surface area contributed by atoms with Crippen molar-refractivity contribution < 1.29 is 23.1 Å². The van der Waals surface area contributed by atoms with Crippen LogP contribution in [0.2, 0.25) is 5.02 Å². The second kappa shape index (κ2) is 8.38. The highest BCUT2D eigenvalue weighted by molar-refractivity contribution is 7.89. The van der Waals surface area contributed by atoms with Gasteiger partial charge in [0.2, 0.25) is 10.0 Å². The number of rotatable bonds is 5. The summed E-state index contributed by atoms with van der Waals surface area (Å²) in [6, 6.07) is 9.95. The zero-order valence-corrected chi connectivity index (χ0v) is 16.1. The molecule has 8 nitrogen and oxygen atoms in total. The molecule has 0 aliphatic rings. The number of aromatic hydroxyl groups is 1. The first kappa shape index (κ1) is 20.7. The van der Waals surface area contributed by atoms with Crippen molar-refractivity contribution in [3.8, 4) is 5.75 Å². The standard InChI is InChI=1S/C17H18ClN3O5S/c1-11-3-8-15(22)14(9-11)17(24)20-19-16(23)10-21(2)27(25,26)13-6-4-12(18)5-7-13/h3-9,22H,10H2,1-2H3,(H,19,23)(H,20,24). The normalized spacial score (nSPS) is 11.3. The molecule has 0 aliphatic heterocycles. The largest absolute Gasteiger partial charge is 0.507 e. The molecule has 0 bridgehead atoms. The van der Waals surface area contributed by atoms with Crippen molar-refractivity contribution in [2.75, 3.05) is 13.6 Å². The second-order valence-corrected chi connectivity index (χ2v) is 8.22. The summed E-state index contributed by atoms with van der Waals surface area (Å²) in [5.41, 5.74) is 4.98. The number of nitrogens with one attached hydrogen (secondary N) is 2. The van der Waals surface area contributed by atoms with Gasteiger partial charge >= 0.3 is 0 Å². The molecule has 0 radical (unpaired) electrons. The lowest BCUT2D eigenvalue weighted by Gasteiger charge is -2.17. The van der Waals surface area contributed by atoms with E-state index in [1.54, 1.807) is 13.0 Å². The zero-order valence-electron chi connectivity index (χ0n) is 14.6. The monoisotopic (exact) mass is 411 g/mol. The van der Waals surface area contributed by atoms with Gasteiger partial charge in [-0.05, 0) is 43.3 Å². The van der Waals surface area contributed by atoms with Crippen LogP contribution in [-0.2, 0) is 14.8 Å². The van der Waals surface area contributed by atoms with Crippen LogP contribution in [0.4, 0.5) is 0 Å². The van der Waals surface area contributed by atoms with Gasteiger partial charge < -0.3 is 5.11 Å². The van der Waals surface area contributed by atoms with E-state index in [1.165, 1.54) is 43.4 Å². The minimum atomic E-state index is -3.89. The summed E-state index contributed by atoms with van der Waals surface area (Å²) in [4.78, 5) is 24.0. The van der Waals surface area contributed by atoms with Gasteiger partial charge in [0, 0.05) is 12.1 Å². The van der Waals surface area contributed by atoms with Crippen molar-refractivity contribution in [2.45, 2.75) is 11.8 Å². The van der Waals surface area contributed by atoms with Gasteiger partial charge in [-0.1, -0.05) is 23.2 Å². The average molecular weight is 412 g/mol. The summed E-state index contributed by atoms with van der Waals surface area (Å²) in [6.45, 7) is 1.22. The highest BCUT2D eigenvalue weighted by Crippen LogP contribution is 2.18. The zero-order chi connectivity index (χ0) is 20.2. The molecule has 0 heterocycles. The number of phenolic OH excluding ortho intramolecular Hbond substituents is 1. The van der Waals surface area contributed by atoms with E-state index >= 15 is 0 Å². The molecule has 0 atom stereocenters. The average Bonchev–Trinajstić information content (AvgIpc) is 2.62. The molecule has 144 valence electrons. The summed E-state index contributed by atoms with van der Waals surface area (Å²) in [5, 5.41) is 10.1. The Morgan fingerprint density at radius 1 is 1.11 bits per heavy atom. The predicted octanol–water partition coefficient (Wildman–Crippen LogP) is 1.44. The van der Waals surface area contributed by atoms with Crippen molar-refractivity contribution >= 4 is 33.4 Å². The molecular formula is C17H18ClN3O5S. The Balaban J connectivity index is 1.97. The molecule has 0 fully saturated rings. The number of nitrogens with zero attached hydrogens (tertiary/aromatic N) is 1. The van der Waals surface area contributed by atoms with Crippen LogP contribution in [0.25, 0.3) is 0 Å². The minimum Gasteiger partial charge on any atom is -0.507 e. The summed E-state index contributed by atoms with van der Waals surface area (Å²) >= 11 is 5.74. The van der Waals surface area contributed by atoms with Crippen molar-refractivity contribution in [1.29, 1.82) is 0 Å². The highest BCUT2D eigenvalue weighted by Gasteiger charge is 2.23. The predicted molar refractivity (Wildman–Crippen MR) is 99.7 cm³/mol. The SMILES string of the molecule is Cc1ccc(O)c(C(=O)NNC(=O)CN(C)S(=O)(=O)c2ccc(Cl)cc2)c1. The van der Waals surface area contributed by atoms with Gasteiger partial charge in [0.15, 0.2) is 0 Å². The smallest absolute Gasteiger partial charge is 0.273 e. The van der Waals surface area contributed by atoms with E-state index in [2.05, 4.69) is 10.9 Å². The quantitative estimate of drug-likeness (QED) is 0.644. The first-order chi connectivity index (χ1) is 12.6. The number of amides is 2. The fraction of sp³-hybridized carbons (Fsp3) is 0.176. The van der Waals surface area contributed by atoms with Crippen molar-refractivity contribution in [1.82, 2.24) is 15.2 Å². The van der Waals surface area contributed by atoms with Crippen LogP contribution >= 0.6 is 11.6 Å². The number of sulfonamides is 1. The maximum absolute atomic E-state index is 12.4. The van der Waals surface area contributed by atoms with Gasteiger partial charge in [-0.25, -0.2) is 8.42 Å². The molecule has 10 heteroatoms. The number of hydrogen-bond donors (Lipinski definition) is 3. The molecule has 2 aromatic carbocycles. The third-order valence-corrected chi connectivity index (χ3v) is 5.67. The number of likely N-dealkylation sites (N-methyl/N-ethyl adjacent to an activating group) is 1. The maximum Gasteiger partial charge on any atom is 0.273 e. The van der Waals surface area contributed by atoms with Crippen LogP contribution in [0.15, 0.2) is 47.4 Å². The number of halogens is 1. The first-order valence-electron chi connectivity index (χ1n) is 7.72. The summed E-state index contributed by atoms with van der Waals surface area (Å²) < 4.78 is 25.6. The number of carbonyl (C=O) groups is 2. The topological polar surface area (TPSA) is 116 Å². The number of hydrogen-bond acceptors (Lipinski definition) is 5. The van der Waals surface area contributed by atoms with E-state index in [0.717, 1.165) is 9.87 Å². The van der Waals surface area contributed by atoms with Gasteiger partial charge in [-0.3, -0.25) is 20.4 Å². The number of hydrazine groups is 1. The van der Waals surface area contributed by atoms with Gasteiger partial charge in [0.1, 0.15) is 5.75 Å². The molecule has 0 aromatic heterocycles. The fourth-order valence-corrected chi connectivity index (χ4v) is 3.39. The molecule has 0 aliphatic carbocycles. The van der Waals surface area contributed by atoms with Crippen molar-refractivity contribution in [2.24, 2.45) is 0 Å². The van der Waals surface area contributed by atoms with E-state index in [4.69, 9.17) is 11.6 Å². The van der Waals surface area contributed by atoms with Gasteiger partial charge in [-0.15, -0.1) is 0 Å². The van der Waals surface area contributed by atoms with Crippen molar-refractivity contribution in [3.63, 3.8) is 0 Å². The van der Waals surface area contributed by atoms with Crippen LogP contribution in [0, 0.1) is 6.92 Å². The minimum absolute atomic E-state index is 0.0163. The Morgan fingerprint density at radius 3 is 2.37 bits per heavy atom. The van der Waals surface area contributed by atoms with Crippen LogP contribution in [-0.4, -0.2) is 43.2 Å². The van der Waals surface area contributed by atoms with Crippen LogP contribution < -0.4 is 10.9 Å². The fourth-order valence-electron chi connectivity index (χ4n) is 2.14.